The van der Waals surface area contributed by atoms with Crippen molar-refractivity contribution < 1.29 is 8.42 Å². The van der Waals surface area contributed by atoms with E-state index < -0.39 is 9.84 Å². The smallest absolute Gasteiger partial charge is 0.158 e. The van der Waals surface area contributed by atoms with Crippen LogP contribution in [0.3, 0.4) is 0 Å². The lowest BCUT2D eigenvalue weighted by Crippen LogP contribution is -2.10. The largest absolute Gasteiger partial charge is 0.228 e. The van der Waals surface area contributed by atoms with E-state index in [2.05, 4.69) is 13.8 Å². The molecule has 0 aromatic heterocycles. The highest BCUT2D eigenvalue weighted by molar-refractivity contribution is 7.89. The van der Waals surface area contributed by atoms with E-state index in [1.165, 1.54) is 0 Å². The molecule has 0 radical (unpaired) electrons. The Kier molecular flexibility index (Phi) is 5.18. The normalized spacial score (nSPS) is 11.5. The molecule has 0 heterocycles. The first-order valence-electron chi connectivity index (χ1n) is 7.39. The fraction of sp³-hybridized carbons (Fsp3) is 0.333. The number of benzene rings is 2. The Balaban J connectivity index is 2.23. The minimum Gasteiger partial charge on any atom is -0.228 e. The van der Waals surface area contributed by atoms with Crippen molar-refractivity contribution in [1.82, 2.24) is 0 Å². The lowest BCUT2D eigenvalue weighted by atomic mass is 10.1. The number of hydrogen-bond donors (Lipinski definition) is 0. The molecule has 112 valence electrons. The van der Waals surface area contributed by atoms with Gasteiger partial charge in [0.2, 0.25) is 0 Å². The van der Waals surface area contributed by atoms with Crippen molar-refractivity contribution >= 4 is 9.84 Å². The van der Waals surface area contributed by atoms with Crippen LogP contribution in [0.25, 0.3) is 0 Å². The highest BCUT2D eigenvalue weighted by Gasteiger charge is 2.16. The second-order valence-electron chi connectivity index (χ2n) is 5.28. The van der Waals surface area contributed by atoms with Crippen LogP contribution in [0, 0.1) is 0 Å². The van der Waals surface area contributed by atoms with E-state index in [9.17, 15) is 8.42 Å². The highest BCUT2D eigenvalue weighted by Crippen LogP contribution is 2.19. The Hall–Kier alpha value is -1.61. The van der Waals surface area contributed by atoms with Crippen LogP contribution in [-0.2, 0) is 34.2 Å². The molecule has 0 fully saturated rings. The van der Waals surface area contributed by atoms with Crippen molar-refractivity contribution in [3.05, 3.63) is 70.8 Å². The van der Waals surface area contributed by atoms with Gasteiger partial charge in [-0.15, -0.1) is 0 Å². The maximum atomic E-state index is 12.5. The van der Waals surface area contributed by atoms with Crippen LogP contribution in [0.2, 0.25) is 0 Å². The van der Waals surface area contributed by atoms with Crippen LogP contribution in [0.15, 0.2) is 48.5 Å². The summed E-state index contributed by atoms with van der Waals surface area (Å²) in [4.78, 5) is 0. The van der Waals surface area contributed by atoms with Gasteiger partial charge in [0, 0.05) is 0 Å². The van der Waals surface area contributed by atoms with E-state index in [1.54, 1.807) is 0 Å². The molecule has 0 saturated heterocycles. The molecule has 0 N–H and O–H groups in total. The molecule has 0 amide bonds. The third kappa shape index (κ3) is 4.18. The fourth-order valence-electron chi connectivity index (χ4n) is 2.61. The van der Waals surface area contributed by atoms with Crippen LogP contribution in [0.5, 0.6) is 0 Å². The van der Waals surface area contributed by atoms with E-state index >= 15 is 0 Å². The van der Waals surface area contributed by atoms with Gasteiger partial charge in [0.15, 0.2) is 9.84 Å². The predicted molar refractivity (Wildman–Crippen MR) is 88.0 cm³/mol. The van der Waals surface area contributed by atoms with Crippen molar-refractivity contribution in [2.24, 2.45) is 0 Å². The van der Waals surface area contributed by atoms with Crippen molar-refractivity contribution in [1.29, 1.82) is 0 Å². The molecule has 0 saturated carbocycles. The molecule has 0 aliphatic heterocycles. The van der Waals surface area contributed by atoms with Gasteiger partial charge < -0.3 is 0 Å². The molecule has 2 nitrogen and oxygen atoms in total. The summed E-state index contributed by atoms with van der Waals surface area (Å²) in [5.74, 6) is 0.240. The average Bonchev–Trinajstić information content (AvgIpc) is 2.47. The summed E-state index contributed by atoms with van der Waals surface area (Å²) >= 11 is 0. The van der Waals surface area contributed by atoms with Crippen LogP contribution >= 0.6 is 0 Å². The van der Waals surface area contributed by atoms with Gasteiger partial charge in [0.25, 0.3) is 0 Å². The van der Waals surface area contributed by atoms with Gasteiger partial charge in [-0.1, -0.05) is 62.4 Å². The summed E-state index contributed by atoms with van der Waals surface area (Å²) in [6, 6.07) is 15.6. The van der Waals surface area contributed by atoms with Gasteiger partial charge in [0.1, 0.15) is 0 Å². The monoisotopic (exact) mass is 302 g/mol. The Morgan fingerprint density at radius 2 is 1.00 bits per heavy atom. The summed E-state index contributed by atoms with van der Waals surface area (Å²) in [5, 5.41) is 0. The Labute approximate surface area is 127 Å². The second-order valence-corrected chi connectivity index (χ2v) is 7.34. The SMILES string of the molecule is CCc1ccccc1CS(=O)(=O)Cc1ccccc1CC. The third-order valence-corrected chi connectivity index (χ3v) is 5.25. The van der Waals surface area contributed by atoms with Crippen molar-refractivity contribution in [3.63, 3.8) is 0 Å². The van der Waals surface area contributed by atoms with Gasteiger partial charge >= 0.3 is 0 Å². The van der Waals surface area contributed by atoms with Crippen molar-refractivity contribution in [2.45, 2.75) is 38.2 Å². The summed E-state index contributed by atoms with van der Waals surface area (Å²) in [7, 11) is -3.15. The van der Waals surface area contributed by atoms with Crippen LogP contribution < -0.4 is 0 Å². The molecular weight excluding hydrogens is 280 g/mol. The molecule has 0 aliphatic rings. The third-order valence-electron chi connectivity index (χ3n) is 3.75. The molecule has 0 spiro atoms. The molecule has 0 unspecified atom stereocenters. The second kappa shape index (κ2) is 6.90. The van der Waals surface area contributed by atoms with Crippen molar-refractivity contribution in [2.75, 3.05) is 0 Å². The molecule has 0 atom stereocenters. The quantitative estimate of drug-likeness (QED) is 0.810. The van der Waals surface area contributed by atoms with E-state index in [1.807, 2.05) is 48.5 Å². The Bertz CT molecular complexity index is 647. The predicted octanol–water partition coefficient (Wildman–Crippen LogP) is 3.93. The first-order chi connectivity index (χ1) is 10.1. The zero-order chi connectivity index (χ0) is 15.3. The molecule has 2 rings (SSSR count). The zero-order valence-electron chi connectivity index (χ0n) is 12.7. The molecule has 2 aromatic rings. The van der Waals surface area contributed by atoms with Gasteiger partial charge in [-0.05, 0) is 35.1 Å². The molecule has 0 bridgehead atoms. The van der Waals surface area contributed by atoms with Crippen LogP contribution in [0.1, 0.15) is 36.1 Å². The van der Waals surface area contributed by atoms with Gasteiger partial charge in [-0.25, -0.2) is 8.42 Å². The summed E-state index contributed by atoms with van der Waals surface area (Å²) in [6.07, 6.45) is 1.72. The van der Waals surface area contributed by atoms with Gasteiger partial charge in [0.05, 0.1) is 11.5 Å². The summed E-state index contributed by atoms with van der Waals surface area (Å²) < 4.78 is 25.0. The maximum absolute atomic E-state index is 12.5. The molecule has 2 aromatic carbocycles. The van der Waals surface area contributed by atoms with Crippen LogP contribution in [0.4, 0.5) is 0 Å². The standard InChI is InChI=1S/C18H22O2S/c1-3-15-9-5-7-11-17(15)13-21(19,20)14-18-12-8-6-10-16(18)4-2/h5-12H,3-4,13-14H2,1-2H3. The Morgan fingerprint density at radius 1 is 0.667 bits per heavy atom. The van der Waals surface area contributed by atoms with Gasteiger partial charge in [-0.2, -0.15) is 0 Å². The minimum absolute atomic E-state index is 0.120. The highest BCUT2D eigenvalue weighted by atomic mass is 32.2. The van der Waals surface area contributed by atoms with E-state index in [-0.39, 0.29) is 11.5 Å². The van der Waals surface area contributed by atoms with Crippen LogP contribution in [-0.4, -0.2) is 8.42 Å². The number of aryl methyl sites for hydroxylation is 2. The van der Waals surface area contributed by atoms with Crippen molar-refractivity contribution in [3.8, 4) is 0 Å². The van der Waals surface area contributed by atoms with E-state index in [0.717, 1.165) is 35.1 Å². The number of hydrogen-bond acceptors (Lipinski definition) is 2. The molecule has 0 aliphatic carbocycles. The first-order valence-corrected chi connectivity index (χ1v) is 9.22. The number of sulfone groups is 1. The molecule has 3 heteroatoms. The maximum Gasteiger partial charge on any atom is 0.158 e. The number of rotatable bonds is 6. The summed E-state index contributed by atoms with van der Waals surface area (Å²) in [6.45, 7) is 4.11. The lowest BCUT2D eigenvalue weighted by Gasteiger charge is -2.11. The van der Waals surface area contributed by atoms with Gasteiger partial charge in [-0.3, -0.25) is 0 Å². The summed E-state index contributed by atoms with van der Waals surface area (Å²) in [5.41, 5.74) is 4.08. The van der Waals surface area contributed by atoms with E-state index in [4.69, 9.17) is 0 Å². The Morgan fingerprint density at radius 3 is 1.33 bits per heavy atom. The molecule has 21 heavy (non-hydrogen) atoms. The zero-order valence-corrected chi connectivity index (χ0v) is 13.5. The lowest BCUT2D eigenvalue weighted by molar-refractivity contribution is 0.594. The molecular formula is C18H22O2S. The van der Waals surface area contributed by atoms with E-state index in [0.29, 0.717) is 0 Å². The average molecular weight is 302 g/mol. The topological polar surface area (TPSA) is 34.1 Å². The fourth-order valence-corrected chi connectivity index (χ4v) is 4.22. The first kappa shape index (κ1) is 15.8. The minimum atomic E-state index is -3.15.